The lowest BCUT2D eigenvalue weighted by molar-refractivity contribution is -0.129. The van der Waals surface area contributed by atoms with Gasteiger partial charge in [0.25, 0.3) is 0 Å². The normalized spacial score (nSPS) is 25.5. The standard InChI is InChI=1S/C17H20O2/c1-4-14-6-5-7-16(12-14)15-8-10-17(19-3,11-9-15)13(2)18/h5-12,15H,4H2,1-3H3. The van der Waals surface area contributed by atoms with Crippen LogP contribution in [0.15, 0.2) is 48.6 Å². The van der Waals surface area contributed by atoms with Gasteiger partial charge in [-0.2, -0.15) is 0 Å². The topological polar surface area (TPSA) is 26.3 Å². The molecule has 0 amide bonds. The fourth-order valence-electron chi connectivity index (χ4n) is 2.37. The maximum atomic E-state index is 11.7. The van der Waals surface area contributed by atoms with Crippen molar-refractivity contribution in [3.63, 3.8) is 0 Å². The Morgan fingerprint density at radius 1 is 1.32 bits per heavy atom. The third kappa shape index (κ3) is 2.69. The molecule has 1 aliphatic carbocycles. The first-order chi connectivity index (χ1) is 9.11. The van der Waals surface area contributed by atoms with Gasteiger partial charge in [0.15, 0.2) is 11.4 Å². The van der Waals surface area contributed by atoms with E-state index in [0.717, 1.165) is 6.42 Å². The molecule has 100 valence electrons. The number of ketones is 1. The molecule has 0 atom stereocenters. The van der Waals surface area contributed by atoms with Crippen molar-refractivity contribution in [1.29, 1.82) is 0 Å². The second kappa shape index (κ2) is 5.54. The highest BCUT2D eigenvalue weighted by molar-refractivity contribution is 5.90. The Morgan fingerprint density at radius 2 is 2.00 bits per heavy atom. The molecule has 0 saturated heterocycles. The van der Waals surface area contributed by atoms with Gasteiger partial charge in [-0.15, -0.1) is 0 Å². The van der Waals surface area contributed by atoms with Crippen LogP contribution in [0.25, 0.3) is 0 Å². The predicted octanol–water partition coefficient (Wildman–Crippen LogP) is 3.43. The molecule has 19 heavy (non-hydrogen) atoms. The number of benzene rings is 1. The fourth-order valence-corrected chi connectivity index (χ4v) is 2.37. The minimum atomic E-state index is -0.876. The first kappa shape index (κ1) is 13.8. The number of rotatable bonds is 4. The van der Waals surface area contributed by atoms with E-state index in [2.05, 4.69) is 31.2 Å². The van der Waals surface area contributed by atoms with E-state index in [0.29, 0.717) is 0 Å². The van der Waals surface area contributed by atoms with Gasteiger partial charge in [0.1, 0.15) is 0 Å². The van der Waals surface area contributed by atoms with Gasteiger partial charge in [-0.3, -0.25) is 4.79 Å². The van der Waals surface area contributed by atoms with E-state index in [9.17, 15) is 4.79 Å². The molecular formula is C17H20O2. The van der Waals surface area contributed by atoms with Gasteiger partial charge in [-0.1, -0.05) is 43.3 Å². The lowest BCUT2D eigenvalue weighted by Crippen LogP contribution is -2.36. The number of carbonyl (C=O) groups excluding carboxylic acids is 1. The summed E-state index contributed by atoms with van der Waals surface area (Å²) in [4.78, 5) is 11.7. The summed E-state index contributed by atoms with van der Waals surface area (Å²) >= 11 is 0. The zero-order valence-electron chi connectivity index (χ0n) is 11.7. The Hall–Kier alpha value is -1.67. The van der Waals surface area contributed by atoms with Gasteiger partial charge in [-0.05, 0) is 36.6 Å². The van der Waals surface area contributed by atoms with Gasteiger partial charge in [0.05, 0.1) is 0 Å². The largest absolute Gasteiger partial charge is 0.362 e. The highest BCUT2D eigenvalue weighted by Crippen LogP contribution is 2.29. The lowest BCUT2D eigenvalue weighted by atomic mass is 9.86. The highest BCUT2D eigenvalue weighted by atomic mass is 16.5. The summed E-state index contributed by atoms with van der Waals surface area (Å²) in [5.74, 6) is 0.220. The molecule has 0 bridgehead atoms. The zero-order chi connectivity index (χ0) is 13.9. The van der Waals surface area contributed by atoms with E-state index in [4.69, 9.17) is 4.74 Å². The van der Waals surface area contributed by atoms with Gasteiger partial charge in [0.2, 0.25) is 0 Å². The average Bonchev–Trinajstić information content (AvgIpc) is 2.47. The van der Waals surface area contributed by atoms with Crippen molar-refractivity contribution in [2.75, 3.05) is 7.11 Å². The van der Waals surface area contributed by atoms with E-state index >= 15 is 0 Å². The second-order valence-corrected chi connectivity index (χ2v) is 4.90. The quantitative estimate of drug-likeness (QED) is 0.771. The number of hydrogen-bond acceptors (Lipinski definition) is 2. The maximum Gasteiger partial charge on any atom is 0.169 e. The Morgan fingerprint density at radius 3 is 2.53 bits per heavy atom. The SMILES string of the molecule is CCc1cccc(C2C=CC(OC)(C(C)=O)C=C2)c1. The molecule has 0 saturated carbocycles. The minimum Gasteiger partial charge on any atom is -0.362 e. The van der Waals surface area contributed by atoms with E-state index in [1.807, 2.05) is 24.3 Å². The van der Waals surface area contributed by atoms with Crippen LogP contribution in [0.1, 0.15) is 30.9 Å². The molecule has 0 spiro atoms. The number of carbonyl (C=O) groups is 1. The van der Waals surface area contributed by atoms with Crippen LogP contribution in [0.5, 0.6) is 0 Å². The fraction of sp³-hybridized carbons (Fsp3) is 0.353. The highest BCUT2D eigenvalue weighted by Gasteiger charge is 2.31. The van der Waals surface area contributed by atoms with Crippen molar-refractivity contribution >= 4 is 5.78 Å². The van der Waals surface area contributed by atoms with Gasteiger partial charge in [0, 0.05) is 13.0 Å². The summed E-state index contributed by atoms with van der Waals surface area (Å²) in [6.45, 7) is 3.70. The van der Waals surface area contributed by atoms with Gasteiger partial charge in [-0.25, -0.2) is 0 Å². The molecule has 2 nitrogen and oxygen atoms in total. The summed E-state index contributed by atoms with van der Waals surface area (Å²) < 4.78 is 5.35. The third-order valence-electron chi connectivity index (χ3n) is 3.73. The molecule has 2 heteroatoms. The third-order valence-corrected chi connectivity index (χ3v) is 3.73. The van der Waals surface area contributed by atoms with Crippen LogP contribution >= 0.6 is 0 Å². The molecule has 0 aromatic heterocycles. The first-order valence-corrected chi connectivity index (χ1v) is 6.65. The molecule has 0 aliphatic heterocycles. The summed E-state index contributed by atoms with van der Waals surface area (Å²) in [5, 5.41) is 0. The number of methoxy groups -OCH3 is 1. The molecule has 1 aromatic carbocycles. The van der Waals surface area contributed by atoms with Crippen LogP contribution in [0.3, 0.4) is 0 Å². The van der Waals surface area contributed by atoms with Crippen molar-refractivity contribution < 1.29 is 9.53 Å². The number of ether oxygens (including phenoxy) is 1. The molecule has 0 unspecified atom stereocenters. The molecular weight excluding hydrogens is 236 g/mol. The monoisotopic (exact) mass is 256 g/mol. The van der Waals surface area contributed by atoms with Crippen molar-refractivity contribution in [1.82, 2.24) is 0 Å². The molecule has 1 aliphatic rings. The van der Waals surface area contributed by atoms with Crippen LogP contribution in [-0.4, -0.2) is 18.5 Å². The van der Waals surface area contributed by atoms with Gasteiger partial charge >= 0.3 is 0 Å². The van der Waals surface area contributed by atoms with Crippen molar-refractivity contribution in [3.8, 4) is 0 Å². The van der Waals surface area contributed by atoms with Crippen LogP contribution in [0.4, 0.5) is 0 Å². The number of aryl methyl sites for hydroxylation is 1. The molecule has 1 aromatic rings. The molecule has 0 N–H and O–H groups in total. The number of Topliss-reactive ketones (excluding diaryl/α,β-unsaturated/α-hetero) is 1. The summed E-state index contributed by atoms with van der Waals surface area (Å²) in [6, 6.07) is 8.55. The smallest absolute Gasteiger partial charge is 0.169 e. The van der Waals surface area contributed by atoms with Crippen LogP contribution in [-0.2, 0) is 16.0 Å². The lowest BCUT2D eigenvalue weighted by Gasteiger charge is -2.27. The Labute approximate surface area is 114 Å². The van der Waals surface area contributed by atoms with E-state index < -0.39 is 5.60 Å². The van der Waals surface area contributed by atoms with E-state index in [1.165, 1.54) is 11.1 Å². The van der Waals surface area contributed by atoms with Crippen molar-refractivity contribution in [2.45, 2.75) is 31.8 Å². The second-order valence-electron chi connectivity index (χ2n) is 4.90. The van der Waals surface area contributed by atoms with Crippen LogP contribution in [0.2, 0.25) is 0 Å². The predicted molar refractivity (Wildman–Crippen MR) is 77.3 cm³/mol. The van der Waals surface area contributed by atoms with Crippen LogP contribution in [0, 0.1) is 0 Å². The van der Waals surface area contributed by atoms with Crippen molar-refractivity contribution in [3.05, 3.63) is 59.7 Å². The zero-order valence-corrected chi connectivity index (χ0v) is 11.7. The average molecular weight is 256 g/mol. The van der Waals surface area contributed by atoms with Crippen molar-refractivity contribution in [2.24, 2.45) is 0 Å². The molecule has 2 rings (SSSR count). The Bertz CT molecular complexity index is 512. The summed E-state index contributed by atoms with van der Waals surface area (Å²) in [6.07, 6.45) is 8.83. The van der Waals surface area contributed by atoms with E-state index in [-0.39, 0.29) is 11.7 Å². The minimum absolute atomic E-state index is 0.00302. The summed E-state index contributed by atoms with van der Waals surface area (Å²) in [7, 11) is 1.56. The Kier molecular flexibility index (Phi) is 4.01. The molecule has 0 radical (unpaired) electrons. The maximum absolute atomic E-state index is 11.7. The van der Waals surface area contributed by atoms with E-state index in [1.54, 1.807) is 14.0 Å². The Balaban J connectivity index is 2.25. The number of allylic oxidation sites excluding steroid dienone is 2. The first-order valence-electron chi connectivity index (χ1n) is 6.65. The van der Waals surface area contributed by atoms with Gasteiger partial charge < -0.3 is 4.74 Å². The van der Waals surface area contributed by atoms with Crippen LogP contribution < -0.4 is 0 Å². The number of hydrogen-bond donors (Lipinski definition) is 0. The molecule has 0 fully saturated rings. The summed E-state index contributed by atoms with van der Waals surface area (Å²) in [5.41, 5.74) is 1.70. The molecule has 0 heterocycles.